The maximum Gasteiger partial charge on any atom is 0.161 e. The summed E-state index contributed by atoms with van der Waals surface area (Å²) in [5.41, 5.74) is 21.8. The van der Waals surface area contributed by atoms with Gasteiger partial charge in [0.15, 0.2) is 11.6 Å². The quantitative estimate of drug-likeness (QED) is 0.144. The minimum atomic E-state index is 0.707. The van der Waals surface area contributed by atoms with Gasteiger partial charge in [0.1, 0.15) is 0 Å². The van der Waals surface area contributed by atoms with Crippen molar-refractivity contribution in [2.45, 2.75) is 0 Å². The van der Waals surface area contributed by atoms with Gasteiger partial charge in [0, 0.05) is 65.9 Å². The smallest absolute Gasteiger partial charge is 0.161 e. The monoisotopic (exact) mass is 1420 g/mol. The third-order valence-electron chi connectivity index (χ3n) is 22.7. The summed E-state index contributed by atoms with van der Waals surface area (Å²) in [5.74, 6) is 1.43. The third kappa shape index (κ3) is 10.8. The molecule has 0 aliphatic carbocycles. The minimum Gasteiger partial charge on any atom is -0.309 e. The summed E-state index contributed by atoms with van der Waals surface area (Å²) < 4.78 is 4.87. The number of fused-ring (bicyclic) bond motifs is 18. The van der Waals surface area contributed by atoms with Crippen LogP contribution in [0.25, 0.3) is 220 Å². The Morgan fingerprint density at radius 2 is 0.473 bits per heavy atom. The molecule has 4 heterocycles. The van der Waals surface area contributed by atoms with E-state index < -0.39 is 0 Å². The fourth-order valence-electron chi connectivity index (χ4n) is 17.5. The van der Waals surface area contributed by atoms with Crippen molar-refractivity contribution in [3.05, 3.63) is 400 Å². The molecule has 23 aromatic rings. The first-order valence-corrected chi connectivity index (χ1v) is 38.2. The second-order valence-electron chi connectivity index (χ2n) is 29.1. The molecule has 0 N–H and O–H groups in total. The zero-order chi connectivity index (χ0) is 73.7. The highest BCUT2D eigenvalue weighted by atomic mass is 15.0. The van der Waals surface area contributed by atoms with Crippen LogP contribution >= 0.6 is 0 Å². The molecule has 0 aliphatic rings. The Kier molecular flexibility index (Phi) is 15.2. The second kappa shape index (κ2) is 26.5. The van der Waals surface area contributed by atoms with Gasteiger partial charge in [-0.25, -0.2) is 19.9 Å². The van der Waals surface area contributed by atoms with Gasteiger partial charge in [-0.3, -0.25) is 0 Å². The van der Waals surface area contributed by atoms with Gasteiger partial charge in [0.2, 0.25) is 0 Å². The van der Waals surface area contributed by atoms with E-state index in [1.165, 1.54) is 103 Å². The molecule has 4 aromatic heterocycles. The van der Waals surface area contributed by atoms with Crippen molar-refractivity contribution < 1.29 is 0 Å². The molecular formula is C106H66N6. The Hall–Kier alpha value is -15.0. The molecule has 0 saturated carbocycles. The Morgan fingerprint density at radius 1 is 0.170 bits per heavy atom. The van der Waals surface area contributed by atoms with Crippen LogP contribution in [0.15, 0.2) is 400 Å². The van der Waals surface area contributed by atoms with Crippen molar-refractivity contribution in [2.75, 3.05) is 0 Å². The average molecular weight is 1420 g/mol. The Balaban J connectivity index is 0.000000138. The van der Waals surface area contributed by atoms with Crippen LogP contribution in [0, 0.1) is 0 Å². The molecule has 0 unspecified atom stereocenters. The van der Waals surface area contributed by atoms with Crippen molar-refractivity contribution in [1.82, 2.24) is 29.1 Å². The van der Waals surface area contributed by atoms with E-state index in [4.69, 9.17) is 19.9 Å². The first-order chi connectivity index (χ1) is 55.5. The lowest BCUT2D eigenvalue weighted by Crippen LogP contribution is -1.97. The summed E-state index contributed by atoms with van der Waals surface area (Å²) in [7, 11) is 0. The molecule has 0 amide bonds. The van der Waals surface area contributed by atoms with Gasteiger partial charge in [-0.05, 0) is 183 Å². The van der Waals surface area contributed by atoms with Crippen molar-refractivity contribution in [3.63, 3.8) is 0 Å². The minimum absolute atomic E-state index is 0.707. The number of rotatable bonds is 9. The van der Waals surface area contributed by atoms with Crippen molar-refractivity contribution in [3.8, 4) is 90.0 Å². The molecule has 0 fully saturated rings. The molecule has 112 heavy (non-hydrogen) atoms. The maximum absolute atomic E-state index is 5.46. The van der Waals surface area contributed by atoms with Gasteiger partial charge in [-0.2, -0.15) is 0 Å². The summed E-state index contributed by atoms with van der Waals surface area (Å²) in [4.78, 5) is 21.2. The molecule has 23 rings (SSSR count). The first-order valence-electron chi connectivity index (χ1n) is 38.2. The number of benzene rings is 19. The summed E-state index contributed by atoms with van der Waals surface area (Å²) in [5, 5.41) is 21.8. The highest BCUT2D eigenvalue weighted by Gasteiger charge is 2.23. The maximum atomic E-state index is 5.46. The molecule has 0 bridgehead atoms. The van der Waals surface area contributed by atoms with Crippen molar-refractivity contribution >= 4 is 130 Å². The SMILES string of the molecule is c1ccc(-c2cc(-c3ccccc3)cc(-c3nc(-c4cccc5cc(-n6c7ccc8ccccc8c7c7c8ccccc8ccc76)ccc45)nc4ccccc34)c2)cc1.c1ccc(-c2cccc(-c3nc(-c4cccc5cc(-n6c7ccc8ccccc8c7c7c8ccccc8ccc76)ccc45)nc4ccccc34)c2)cc1. The van der Waals surface area contributed by atoms with Gasteiger partial charge >= 0.3 is 0 Å². The van der Waals surface area contributed by atoms with Crippen LogP contribution in [0.5, 0.6) is 0 Å². The van der Waals surface area contributed by atoms with E-state index in [9.17, 15) is 0 Å². The van der Waals surface area contributed by atoms with Crippen molar-refractivity contribution in [2.24, 2.45) is 0 Å². The molecule has 19 aromatic carbocycles. The van der Waals surface area contributed by atoms with E-state index in [0.29, 0.717) is 5.82 Å². The summed E-state index contributed by atoms with van der Waals surface area (Å²) in [6, 6.07) is 144. The van der Waals surface area contributed by atoms with Gasteiger partial charge in [0.05, 0.1) is 44.5 Å². The average Bonchev–Trinajstić information content (AvgIpc) is 1.55. The Bertz CT molecular complexity index is 7510. The van der Waals surface area contributed by atoms with E-state index in [-0.39, 0.29) is 0 Å². The molecule has 0 saturated heterocycles. The van der Waals surface area contributed by atoms with Gasteiger partial charge < -0.3 is 9.13 Å². The van der Waals surface area contributed by atoms with E-state index in [1.54, 1.807) is 0 Å². The lowest BCUT2D eigenvalue weighted by Gasteiger charge is -2.15. The fraction of sp³-hybridized carbons (Fsp3) is 0. The Labute approximate surface area is 645 Å². The molecule has 0 atom stereocenters. The summed E-state index contributed by atoms with van der Waals surface area (Å²) in [6.07, 6.45) is 0. The summed E-state index contributed by atoms with van der Waals surface area (Å²) in [6.45, 7) is 0. The largest absolute Gasteiger partial charge is 0.309 e. The van der Waals surface area contributed by atoms with E-state index in [2.05, 4.69) is 410 Å². The molecule has 6 heteroatoms. The first kappa shape index (κ1) is 64.2. The predicted molar refractivity (Wildman–Crippen MR) is 471 cm³/mol. The van der Waals surface area contributed by atoms with Crippen LogP contribution in [0.1, 0.15) is 0 Å². The zero-order valence-corrected chi connectivity index (χ0v) is 60.8. The lowest BCUT2D eigenvalue weighted by atomic mass is 9.94. The molecule has 0 aliphatic heterocycles. The number of nitrogens with zero attached hydrogens (tertiary/aromatic N) is 6. The van der Waals surface area contributed by atoms with Crippen LogP contribution in [0.2, 0.25) is 0 Å². The van der Waals surface area contributed by atoms with E-state index in [1.807, 2.05) is 0 Å². The number of para-hydroxylation sites is 2. The number of aromatic nitrogens is 6. The summed E-state index contributed by atoms with van der Waals surface area (Å²) >= 11 is 0. The van der Waals surface area contributed by atoms with Crippen LogP contribution in [0.4, 0.5) is 0 Å². The zero-order valence-electron chi connectivity index (χ0n) is 60.8. The molecular weight excluding hydrogens is 1360 g/mol. The van der Waals surface area contributed by atoms with Gasteiger partial charge in [-0.15, -0.1) is 0 Å². The second-order valence-corrected chi connectivity index (χ2v) is 29.1. The van der Waals surface area contributed by atoms with E-state index >= 15 is 0 Å². The molecule has 0 spiro atoms. The fourth-order valence-corrected chi connectivity index (χ4v) is 17.5. The Morgan fingerprint density at radius 3 is 0.884 bits per heavy atom. The highest BCUT2D eigenvalue weighted by molar-refractivity contribution is 6.30. The molecule has 6 nitrogen and oxygen atoms in total. The van der Waals surface area contributed by atoms with E-state index in [0.717, 1.165) is 111 Å². The van der Waals surface area contributed by atoms with Crippen LogP contribution in [0.3, 0.4) is 0 Å². The third-order valence-corrected chi connectivity index (χ3v) is 22.7. The predicted octanol–water partition coefficient (Wildman–Crippen LogP) is 28.0. The van der Waals surface area contributed by atoms with Crippen LogP contribution < -0.4 is 0 Å². The number of hydrogen-bond acceptors (Lipinski definition) is 4. The van der Waals surface area contributed by atoms with Gasteiger partial charge in [0.25, 0.3) is 0 Å². The standard InChI is InChI=1S/C56H35N3.C50H31N3/c1-3-14-36(15-4-1)41-32-42(37-16-5-2-6-17-37)34-43(33-41)55-49-23-11-12-25-50(49)57-56(58-55)48-24-13-20-40-35-44(28-29-45(40)48)59-51-30-26-38-18-7-9-21-46(38)53(51)54-47-22-10-8-19-39(47)27-31-52(54)59;1-2-12-32(13-3-1)35-16-10-18-37(30-35)49-43-21-8-9-23-44(43)51-50(52-49)42-22-11-17-36-31-38(26-27-39(36)42)53-45-28-24-33-14-4-6-19-40(33)47(45)48-41-20-7-5-15-34(41)25-29-46(48)53/h1-35H;1-31H. The molecule has 0 radical (unpaired) electrons. The topological polar surface area (TPSA) is 61.4 Å². The van der Waals surface area contributed by atoms with Crippen molar-refractivity contribution in [1.29, 1.82) is 0 Å². The molecule has 520 valence electrons. The van der Waals surface area contributed by atoms with Gasteiger partial charge in [-0.1, -0.05) is 315 Å². The number of hydrogen-bond donors (Lipinski definition) is 0. The highest BCUT2D eigenvalue weighted by Crippen LogP contribution is 2.46. The lowest BCUT2D eigenvalue weighted by molar-refractivity contribution is 1.19. The van der Waals surface area contributed by atoms with Crippen LogP contribution in [-0.2, 0) is 0 Å². The van der Waals surface area contributed by atoms with Crippen LogP contribution in [-0.4, -0.2) is 29.1 Å². The normalized spacial score (nSPS) is 11.8.